The first-order valence-corrected chi connectivity index (χ1v) is 6.11. The molecule has 0 bridgehead atoms. The lowest BCUT2D eigenvalue weighted by atomic mass is 9.67. The van der Waals surface area contributed by atoms with Gasteiger partial charge < -0.3 is 4.74 Å². The summed E-state index contributed by atoms with van der Waals surface area (Å²) in [6.07, 6.45) is 4.84. The molecule has 86 valence electrons. The van der Waals surface area contributed by atoms with E-state index < -0.39 is 0 Å². The Morgan fingerprint density at radius 3 is 2.27 bits per heavy atom. The molecule has 1 saturated carbocycles. The summed E-state index contributed by atoms with van der Waals surface area (Å²) in [6, 6.07) is 0. The van der Waals surface area contributed by atoms with E-state index in [-0.39, 0.29) is 5.60 Å². The smallest absolute Gasteiger partial charge is 0.166 e. The number of rotatable bonds is 0. The molecule has 0 aromatic rings. The van der Waals surface area contributed by atoms with Crippen molar-refractivity contribution in [1.82, 2.24) is 0 Å². The lowest BCUT2D eigenvalue weighted by molar-refractivity contribution is -0.136. The maximum atomic E-state index is 11.8. The van der Waals surface area contributed by atoms with E-state index in [4.69, 9.17) is 4.74 Å². The zero-order valence-electron chi connectivity index (χ0n) is 10.1. The van der Waals surface area contributed by atoms with E-state index >= 15 is 0 Å². The van der Waals surface area contributed by atoms with Crippen LogP contribution in [0, 0.1) is 11.3 Å². The van der Waals surface area contributed by atoms with Gasteiger partial charge in [-0.25, -0.2) is 0 Å². The summed E-state index contributed by atoms with van der Waals surface area (Å²) in [4.78, 5) is 11.8. The van der Waals surface area contributed by atoms with Gasteiger partial charge in [-0.3, -0.25) is 4.79 Å². The van der Waals surface area contributed by atoms with Crippen LogP contribution in [0.25, 0.3) is 0 Å². The number of hydrogen-bond acceptors (Lipinski definition) is 2. The molecule has 0 atom stereocenters. The standard InChI is InChI=1S/C13H22O2/c1-12(2,3)10-4-7-13(8-5-10)11(14)6-9-15-13/h10H,4-9H2,1-3H3. The average molecular weight is 210 g/mol. The van der Waals surface area contributed by atoms with Gasteiger partial charge in [0.05, 0.1) is 6.61 Å². The van der Waals surface area contributed by atoms with Crippen LogP contribution >= 0.6 is 0 Å². The Morgan fingerprint density at radius 1 is 1.27 bits per heavy atom. The van der Waals surface area contributed by atoms with E-state index in [2.05, 4.69) is 20.8 Å². The molecule has 1 spiro atoms. The second-order valence-electron chi connectivity index (χ2n) is 6.16. The van der Waals surface area contributed by atoms with Crippen LogP contribution in [0.4, 0.5) is 0 Å². The van der Waals surface area contributed by atoms with Gasteiger partial charge in [0.25, 0.3) is 0 Å². The minimum atomic E-state index is -0.359. The molecule has 0 aromatic carbocycles. The zero-order valence-corrected chi connectivity index (χ0v) is 10.1. The van der Waals surface area contributed by atoms with E-state index in [1.54, 1.807) is 0 Å². The summed E-state index contributed by atoms with van der Waals surface area (Å²) in [5.41, 5.74) is 0.0189. The monoisotopic (exact) mass is 210 g/mol. The largest absolute Gasteiger partial charge is 0.367 e. The maximum absolute atomic E-state index is 11.8. The maximum Gasteiger partial charge on any atom is 0.166 e. The molecule has 2 rings (SSSR count). The fraction of sp³-hybridized carbons (Fsp3) is 0.923. The number of ketones is 1. The molecule has 2 nitrogen and oxygen atoms in total. The van der Waals surface area contributed by atoms with Crippen molar-refractivity contribution in [2.24, 2.45) is 11.3 Å². The van der Waals surface area contributed by atoms with Gasteiger partial charge in [-0.15, -0.1) is 0 Å². The topological polar surface area (TPSA) is 26.3 Å². The van der Waals surface area contributed by atoms with Crippen molar-refractivity contribution in [1.29, 1.82) is 0 Å². The van der Waals surface area contributed by atoms with Gasteiger partial charge in [0.15, 0.2) is 5.78 Å². The van der Waals surface area contributed by atoms with Crippen LogP contribution in [0.15, 0.2) is 0 Å². The van der Waals surface area contributed by atoms with Crippen LogP contribution in [0.5, 0.6) is 0 Å². The van der Waals surface area contributed by atoms with Gasteiger partial charge in [0.1, 0.15) is 5.60 Å². The number of Topliss-reactive ketones (excluding diaryl/α,β-unsaturated/α-hetero) is 1. The third-order valence-electron chi connectivity index (χ3n) is 4.23. The third kappa shape index (κ3) is 1.96. The highest BCUT2D eigenvalue weighted by molar-refractivity contribution is 5.89. The predicted molar refractivity (Wildman–Crippen MR) is 59.7 cm³/mol. The molecule has 2 fully saturated rings. The Hall–Kier alpha value is -0.370. The number of hydrogen-bond donors (Lipinski definition) is 0. The van der Waals surface area contributed by atoms with Crippen LogP contribution in [0.3, 0.4) is 0 Å². The molecule has 0 unspecified atom stereocenters. The second-order valence-corrected chi connectivity index (χ2v) is 6.16. The molecule has 1 saturated heterocycles. The Balaban J connectivity index is 2.00. The van der Waals surface area contributed by atoms with Crippen molar-refractivity contribution in [3.05, 3.63) is 0 Å². The molecule has 15 heavy (non-hydrogen) atoms. The normalized spacial score (nSPS) is 37.5. The Morgan fingerprint density at radius 2 is 1.87 bits per heavy atom. The van der Waals surface area contributed by atoms with Crippen molar-refractivity contribution in [2.45, 2.75) is 58.5 Å². The van der Waals surface area contributed by atoms with Gasteiger partial charge in [0.2, 0.25) is 0 Å². The summed E-state index contributed by atoms with van der Waals surface area (Å²) < 4.78 is 5.71. The summed E-state index contributed by atoms with van der Waals surface area (Å²) >= 11 is 0. The van der Waals surface area contributed by atoms with Gasteiger partial charge in [-0.2, -0.15) is 0 Å². The van der Waals surface area contributed by atoms with Gasteiger partial charge >= 0.3 is 0 Å². The van der Waals surface area contributed by atoms with E-state index in [0.717, 1.165) is 31.6 Å². The summed E-state index contributed by atoms with van der Waals surface area (Å²) in [5, 5.41) is 0. The van der Waals surface area contributed by atoms with E-state index in [1.807, 2.05) is 0 Å². The molecule has 1 aliphatic carbocycles. The fourth-order valence-electron chi connectivity index (χ4n) is 3.02. The first-order valence-electron chi connectivity index (χ1n) is 6.11. The first kappa shape index (κ1) is 11.1. The van der Waals surface area contributed by atoms with E-state index in [1.165, 1.54) is 0 Å². The van der Waals surface area contributed by atoms with Gasteiger partial charge in [0, 0.05) is 6.42 Å². The fourth-order valence-corrected chi connectivity index (χ4v) is 3.02. The second kappa shape index (κ2) is 3.58. The lowest BCUT2D eigenvalue weighted by Crippen LogP contribution is -2.42. The molecule has 0 amide bonds. The van der Waals surface area contributed by atoms with Crippen LogP contribution in [-0.4, -0.2) is 18.0 Å². The van der Waals surface area contributed by atoms with Crippen LogP contribution in [0.1, 0.15) is 52.9 Å². The molecular formula is C13H22O2. The minimum Gasteiger partial charge on any atom is -0.367 e. The SMILES string of the molecule is CC(C)(C)C1CCC2(CC1)OCCC2=O. The predicted octanol–water partition coefficient (Wildman–Crippen LogP) is 2.95. The number of ether oxygens (including phenoxy) is 1. The summed E-state index contributed by atoms with van der Waals surface area (Å²) in [5.74, 6) is 1.11. The highest BCUT2D eigenvalue weighted by Gasteiger charge is 2.47. The van der Waals surface area contributed by atoms with Crippen molar-refractivity contribution in [3.8, 4) is 0 Å². The molecule has 1 heterocycles. The zero-order chi connectivity index (χ0) is 11.1. The molecule has 0 N–H and O–H groups in total. The average Bonchev–Trinajstić information content (AvgIpc) is 2.48. The van der Waals surface area contributed by atoms with Crippen molar-refractivity contribution < 1.29 is 9.53 Å². The van der Waals surface area contributed by atoms with Crippen molar-refractivity contribution in [3.63, 3.8) is 0 Å². The Labute approximate surface area is 92.4 Å². The Bertz CT molecular complexity index is 254. The highest BCUT2D eigenvalue weighted by atomic mass is 16.5. The van der Waals surface area contributed by atoms with Crippen LogP contribution in [0.2, 0.25) is 0 Å². The summed E-state index contributed by atoms with van der Waals surface area (Å²) in [7, 11) is 0. The summed E-state index contributed by atoms with van der Waals surface area (Å²) in [6.45, 7) is 7.55. The van der Waals surface area contributed by atoms with Crippen LogP contribution < -0.4 is 0 Å². The molecule has 1 aliphatic heterocycles. The Kier molecular flexibility index (Phi) is 2.66. The number of carbonyl (C=O) groups excluding carboxylic acids is 1. The molecule has 2 heteroatoms. The minimum absolute atomic E-state index is 0.356. The molecular weight excluding hydrogens is 188 g/mol. The first-order chi connectivity index (χ1) is 6.94. The van der Waals surface area contributed by atoms with Crippen LogP contribution in [-0.2, 0) is 9.53 Å². The quantitative estimate of drug-likeness (QED) is 0.614. The van der Waals surface area contributed by atoms with E-state index in [0.29, 0.717) is 24.2 Å². The molecule has 2 aliphatic rings. The van der Waals surface area contributed by atoms with Gasteiger partial charge in [-0.1, -0.05) is 20.8 Å². The van der Waals surface area contributed by atoms with Crippen molar-refractivity contribution in [2.75, 3.05) is 6.61 Å². The molecule has 0 radical (unpaired) electrons. The lowest BCUT2D eigenvalue weighted by Gasteiger charge is -2.40. The molecule has 0 aromatic heterocycles. The van der Waals surface area contributed by atoms with E-state index in [9.17, 15) is 4.79 Å². The van der Waals surface area contributed by atoms with Crippen molar-refractivity contribution >= 4 is 5.78 Å². The third-order valence-corrected chi connectivity index (χ3v) is 4.23. The number of carbonyl (C=O) groups is 1. The highest BCUT2D eigenvalue weighted by Crippen LogP contribution is 2.45. The van der Waals surface area contributed by atoms with Gasteiger partial charge in [-0.05, 0) is 37.0 Å².